The summed E-state index contributed by atoms with van der Waals surface area (Å²) in [5, 5.41) is 3.52. The van der Waals surface area contributed by atoms with Crippen LogP contribution in [0, 0.1) is 6.92 Å². The Labute approximate surface area is 136 Å². The highest BCUT2D eigenvalue weighted by molar-refractivity contribution is 6.31. The van der Waals surface area contributed by atoms with Gasteiger partial charge >= 0.3 is 0 Å². The fourth-order valence-electron chi connectivity index (χ4n) is 2.07. The maximum atomic E-state index is 12.0. The van der Waals surface area contributed by atoms with Crippen LogP contribution in [0.15, 0.2) is 42.5 Å². The summed E-state index contributed by atoms with van der Waals surface area (Å²) in [6.45, 7) is 4.54. The van der Waals surface area contributed by atoms with Crippen molar-refractivity contribution in [1.82, 2.24) is 0 Å². The molecule has 1 N–H and O–H groups in total. The van der Waals surface area contributed by atoms with Gasteiger partial charge in [-0.2, -0.15) is 0 Å². The highest BCUT2D eigenvalue weighted by Crippen LogP contribution is 2.20. The molecule has 22 heavy (non-hydrogen) atoms. The molecule has 0 aromatic heterocycles. The number of carbonyl (C=O) groups is 1. The number of ether oxygens (including phenoxy) is 1. The van der Waals surface area contributed by atoms with E-state index in [1.807, 2.05) is 50.2 Å². The molecule has 0 atom stereocenters. The summed E-state index contributed by atoms with van der Waals surface area (Å²) in [4.78, 5) is 12.0. The Morgan fingerprint density at radius 1 is 1.18 bits per heavy atom. The second kappa shape index (κ2) is 7.85. The summed E-state index contributed by atoms with van der Waals surface area (Å²) in [5.74, 6) is 0.832. The van der Waals surface area contributed by atoms with Gasteiger partial charge in [-0.05, 0) is 55.7 Å². The van der Waals surface area contributed by atoms with Gasteiger partial charge in [0.05, 0.1) is 6.61 Å². The summed E-state index contributed by atoms with van der Waals surface area (Å²) < 4.78 is 5.39. The summed E-state index contributed by atoms with van der Waals surface area (Å²) in [7, 11) is 0. The molecule has 2 aromatic carbocycles. The predicted molar refractivity (Wildman–Crippen MR) is 90.8 cm³/mol. The molecule has 0 bridgehead atoms. The second-order valence-corrected chi connectivity index (χ2v) is 5.50. The normalized spacial score (nSPS) is 10.3. The van der Waals surface area contributed by atoms with Gasteiger partial charge in [0.15, 0.2) is 0 Å². The standard InChI is InChI=1S/C18H20ClNO2/c1-3-22-16-9-5-14(6-10-16)7-11-18(21)20-15-8-4-13(2)17(19)12-15/h4-6,8-10,12H,3,7,11H2,1-2H3,(H,20,21). The number of carbonyl (C=O) groups excluding carboxylic acids is 1. The lowest BCUT2D eigenvalue weighted by Crippen LogP contribution is -2.12. The van der Waals surface area contributed by atoms with Crippen molar-refractivity contribution in [3.05, 3.63) is 58.6 Å². The van der Waals surface area contributed by atoms with E-state index in [0.29, 0.717) is 24.5 Å². The first-order chi connectivity index (χ1) is 10.6. The topological polar surface area (TPSA) is 38.3 Å². The van der Waals surface area contributed by atoms with Gasteiger partial charge in [0.2, 0.25) is 5.91 Å². The lowest BCUT2D eigenvalue weighted by molar-refractivity contribution is -0.116. The van der Waals surface area contributed by atoms with Crippen LogP contribution in [-0.4, -0.2) is 12.5 Å². The molecule has 116 valence electrons. The van der Waals surface area contributed by atoms with Crippen LogP contribution in [0.4, 0.5) is 5.69 Å². The van der Waals surface area contributed by atoms with E-state index in [4.69, 9.17) is 16.3 Å². The Morgan fingerprint density at radius 2 is 1.91 bits per heavy atom. The molecule has 0 fully saturated rings. The van der Waals surface area contributed by atoms with Gasteiger partial charge in [-0.3, -0.25) is 4.79 Å². The molecule has 0 heterocycles. The second-order valence-electron chi connectivity index (χ2n) is 5.09. The molecule has 0 aliphatic rings. The smallest absolute Gasteiger partial charge is 0.224 e. The highest BCUT2D eigenvalue weighted by Gasteiger charge is 2.05. The van der Waals surface area contributed by atoms with Crippen LogP contribution in [0.2, 0.25) is 5.02 Å². The van der Waals surface area contributed by atoms with Crippen LogP contribution in [0.1, 0.15) is 24.5 Å². The molecule has 0 aliphatic carbocycles. The van der Waals surface area contributed by atoms with Gasteiger partial charge in [0.1, 0.15) is 5.75 Å². The molecule has 2 rings (SSSR count). The van der Waals surface area contributed by atoms with Crippen LogP contribution in [0.3, 0.4) is 0 Å². The quantitative estimate of drug-likeness (QED) is 0.844. The van der Waals surface area contributed by atoms with Crippen molar-refractivity contribution in [2.45, 2.75) is 26.7 Å². The Bertz CT molecular complexity index is 638. The molecule has 0 spiro atoms. The van der Waals surface area contributed by atoms with Crippen molar-refractivity contribution >= 4 is 23.2 Å². The minimum atomic E-state index is -0.0196. The third kappa shape index (κ3) is 4.78. The number of rotatable bonds is 6. The van der Waals surface area contributed by atoms with Crippen LogP contribution in [-0.2, 0) is 11.2 Å². The molecule has 3 nitrogen and oxygen atoms in total. The van der Waals surface area contributed by atoms with Crippen molar-refractivity contribution in [2.24, 2.45) is 0 Å². The van der Waals surface area contributed by atoms with Crippen LogP contribution in [0.5, 0.6) is 5.75 Å². The first-order valence-electron chi connectivity index (χ1n) is 7.36. The number of halogens is 1. The van der Waals surface area contributed by atoms with Gasteiger partial charge in [-0.1, -0.05) is 29.8 Å². The molecule has 0 saturated heterocycles. The van der Waals surface area contributed by atoms with E-state index in [9.17, 15) is 4.79 Å². The third-order valence-corrected chi connectivity index (χ3v) is 3.74. The van der Waals surface area contributed by atoms with Crippen molar-refractivity contribution in [1.29, 1.82) is 0 Å². The van der Waals surface area contributed by atoms with Gasteiger partial charge in [0, 0.05) is 17.1 Å². The highest BCUT2D eigenvalue weighted by atomic mass is 35.5. The van der Waals surface area contributed by atoms with E-state index in [-0.39, 0.29) is 5.91 Å². The SMILES string of the molecule is CCOc1ccc(CCC(=O)Nc2ccc(C)c(Cl)c2)cc1. The first-order valence-corrected chi connectivity index (χ1v) is 7.74. The van der Waals surface area contributed by atoms with E-state index < -0.39 is 0 Å². The molecule has 0 unspecified atom stereocenters. The largest absolute Gasteiger partial charge is 0.494 e. The summed E-state index contributed by atoms with van der Waals surface area (Å²) >= 11 is 6.05. The lowest BCUT2D eigenvalue weighted by atomic mass is 10.1. The monoisotopic (exact) mass is 317 g/mol. The average Bonchev–Trinajstić information content (AvgIpc) is 2.51. The molecule has 2 aromatic rings. The van der Waals surface area contributed by atoms with Gasteiger partial charge < -0.3 is 10.1 Å². The molecular formula is C18H20ClNO2. The lowest BCUT2D eigenvalue weighted by Gasteiger charge is -2.08. The van der Waals surface area contributed by atoms with Crippen molar-refractivity contribution in [2.75, 3.05) is 11.9 Å². The molecule has 0 saturated carbocycles. The van der Waals surface area contributed by atoms with Crippen LogP contribution < -0.4 is 10.1 Å². The van der Waals surface area contributed by atoms with Crippen molar-refractivity contribution < 1.29 is 9.53 Å². The Hall–Kier alpha value is -2.00. The number of amides is 1. The van der Waals surface area contributed by atoms with Crippen molar-refractivity contribution in [3.8, 4) is 5.75 Å². The van der Waals surface area contributed by atoms with Crippen LogP contribution >= 0.6 is 11.6 Å². The first kappa shape index (κ1) is 16.4. The average molecular weight is 318 g/mol. The van der Waals surface area contributed by atoms with E-state index in [1.165, 1.54) is 0 Å². The zero-order chi connectivity index (χ0) is 15.9. The fourth-order valence-corrected chi connectivity index (χ4v) is 2.25. The minimum Gasteiger partial charge on any atom is -0.494 e. The Morgan fingerprint density at radius 3 is 2.55 bits per heavy atom. The van der Waals surface area contributed by atoms with Gasteiger partial charge in [0.25, 0.3) is 0 Å². The van der Waals surface area contributed by atoms with E-state index >= 15 is 0 Å². The third-order valence-electron chi connectivity index (χ3n) is 3.33. The number of benzene rings is 2. The van der Waals surface area contributed by atoms with Crippen molar-refractivity contribution in [3.63, 3.8) is 0 Å². The fraction of sp³-hybridized carbons (Fsp3) is 0.278. The molecular weight excluding hydrogens is 298 g/mol. The molecule has 1 amide bonds. The predicted octanol–water partition coefficient (Wildman–Crippen LogP) is 4.62. The van der Waals surface area contributed by atoms with E-state index in [1.54, 1.807) is 6.07 Å². The molecule has 0 aliphatic heterocycles. The maximum absolute atomic E-state index is 12.0. The summed E-state index contributed by atoms with van der Waals surface area (Å²) in [6.07, 6.45) is 1.12. The number of hydrogen-bond acceptors (Lipinski definition) is 2. The number of hydrogen-bond donors (Lipinski definition) is 1. The Kier molecular flexibility index (Phi) is 5.84. The van der Waals surface area contributed by atoms with Crippen LogP contribution in [0.25, 0.3) is 0 Å². The van der Waals surface area contributed by atoms with Gasteiger partial charge in [-0.25, -0.2) is 0 Å². The van der Waals surface area contributed by atoms with Gasteiger partial charge in [-0.15, -0.1) is 0 Å². The van der Waals surface area contributed by atoms with E-state index in [0.717, 1.165) is 22.6 Å². The number of aryl methyl sites for hydroxylation is 2. The zero-order valence-corrected chi connectivity index (χ0v) is 13.6. The van der Waals surface area contributed by atoms with E-state index in [2.05, 4.69) is 5.32 Å². The Balaban J connectivity index is 1.85. The minimum absolute atomic E-state index is 0.0196. The summed E-state index contributed by atoms with van der Waals surface area (Å²) in [5.41, 5.74) is 2.84. The zero-order valence-electron chi connectivity index (χ0n) is 12.9. The summed E-state index contributed by atoms with van der Waals surface area (Å²) in [6, 6.07) is 13.3. The number of nitrogens with one attached hydrogen (secondary N) is 1. The maximum Gasteiger partial charge on any atom is 0.224 e. The molecule has 4 heteroatoms. The molecule has 0 radical (unpaired) electrons. The number of anilines is 1.